The van der Waals surface area contributed by atoms with E-state index in [9.17, 15) is 19.5 Å². The van der Waals surface area contributed by atoms with Gasteiger partial charge in [0.1, 0.15) is 12.2 Å². The lowest BCUT2D eigenvalue weighted by atomic mass is 10.0. The van der Waals surface area contributed by atoms with E-state index in [1.54, 1.807) is 18.2 Å². The molecule has 11 heteroatoms. The Morgan fingerprint density at radius 3 is 1.39 bits per heavy atom. The van der Waals surface area contributed by atoms with Gasteiger partial charge in [0, 0.05) is 31.6 Å². The molecule has 0 amide bonds. The lowest BCUT2D eigenvalue weighted by Crippen LogP contribution is -2.50. The van der Waals surface area contributed by atoms with Crippen LogP contribution in [0.5, 0.6) is 0 Å². The molecule has 0 bridgehead atoms. The molecule has 3 aromatic carbocycles. The molecular formula is C69H114N4O7. The van der Waals surface area contributed by atoms with Crippen LogP contribution in [0, 0.1) is 0 Å². The summed E-state index contributed by atoms with van der Waals surface area (Å²) in [4.78, 5) is 41.4. The molecule has 0 aliphatic carbocycles. The number of carbonyl (C=O) groups excluding carboxylic acids is 3. The van der Waals surface area contributed by atoms with Crippen molar-refractivity contribution in [1.82, 2.24) is 14.5 Å². The molecule has 0 N–H and O–H groups in total. The Hall–Kier alpha value is -4.58. The number of ether oxygens (including phenoxy) is 3. The first kappa shape index (κ1) is 71.5. The minimum absolute atomic E-state index is 0.0229. The lowest BCUT2D eigenvalue weighted by Gasteiger charge is -2.39. The Balaban J connectivity index is 0.000000395. The zero-order valence-electron chi connectivity index (χ0n) is 52.1. The predicted octanol–water partition coefficient (Wildman–Crippen LogP) is 17.2. The predicted molar refractivity (Wildman–Crippen MR) is 333 cm³/mol. The van der Waals surface area contributed by atoms with Crippen molar-refractivity contribution in [2.75, 3.05) is 65.6 Å². The van der Waals surface area contributed by atoms with Crippen LogP contribution < -0.4 is 5.11 Å². The molecule has 0 radical (unpaired) electrons. The van der Waals surface area contributed by atoms with Crippen molar-refractivity contribution in [3.8, 4) is 11.4 Å². The van der Waals surface area contributed by atoms with Gasteiger partial charge in [-0.05, 0) is 70.6 Å². The van der Waals surface area contributed by atoms with Crippen LogP contribution in [0.25, 0.3) is 22.4 Å². The largest absolute Gasteiger partial charge is 0.545 e. The summed E-state index contributed by atoms with van der Waals surface area (Å²) in [5.74, 6) is -0.558. The number of quaternary nitrogens is 1. The fourth-order valence-corrected chi connectivity index (χ4v) is 10.1. The van der Waals surface area contributed by atoms with Gasteiger partial charge in [-0.2, -0.15) is 0 Å². The van der Waals surface area contributed by atoms with Crippen LogP contribution in [0.2, 0.25) is 0 Å². The van der Waals surface area contributed by atoms with Gasteiger partial charge < -0.3 is 28.6 Å². The van der Waals surface area contributed by atoms with E-state index in [1.807, 2.05) is 75.4 Å². The molecule has 5 rings (SSSR count). The van der Waals surface area contributed by atoms with Gasteiger partial charge in [0.15, 0.2) is 5.82 Å². The fourth-order valence-electron chi connectivity index (χ4n) is 10.1. The molecule has 1 aliphatic rings. The number of unbranched alkanes of at least 4 members (excludes halogenated alkanes) is 22. The number of carbonyl (C=O) groups is 3. The van der Waals surface area contributed by atoms with Gasteiger partial charge in [0.05, 0.1) is 56.4 Å². The Labute approximate surface area is 487 Å². The number of carboxylic acid groups (broad SMARTS) is 1. The summed E-state index contributed by atoms with van der Waals surface area (Å²) in [5, 5.41) is 10.1. The molecule has 80 heavy (non-hydrogen) atoms. The second kappa shape index (κ2) is 46.0. The highest BCUT2D eigenvalue weighted by Crippen LogP contribution is 2.26. The van der Waals surface area contributed by atoms with Crippen LogP contribution in [0.15, 0.2) is 84.9 Å². The molecule has 0 unspecified atom stereocenters. The first-order valence-electron chi connectivity index (χ1n) is 32.2. The van der Waals surface area contributed by atoms with Gasteiger partial charge in [0.25, 0.3) is 0 Å². The smallest absolute Gasteiger partial charge is 0.420 e. The first-order valence-corrected chi connectivity index (χ1v) is 32.2. The normalized spacial score (nSPS) is 12.6. The SMILES string of the molecule is CC(C)(C)OC(=O)n1c(-c2ccccc2)nc2ccccc21.CCCCCCCCCCCCCCCCCCCCCC(=O)OCCN1CCOCC1.CCCC[N+](CCCC)(CCCC)CCCC.O=C([O-])c1ccccc1. The zero-order chi connectivity index (χ0) is 58.4. The summed E-state index contributed by atoms with van der Waals surface area (Å²) in [7, 11) is 0. The van der Waals surface area contributed by atoms with Gasteiger partial charge in [-0.15, -0.1) is 0 Å². The van der Waals surface area contributed by atoms with E-state index in [-0.39, 0.29) is 11.5 Å². The average Bonchev–Trinajstić information content (AvgIpc) is 4.00. The topological polar surface area (TPSA) is 123 Å². The number of hydrogen-bond donors (Lipinski definition) is 0. The summed E-state index contributed by atoms with van der Waals surface area (Å²) in [6.45, 7) is 27.7. The van der Waals surface area contributed by atoms with Crippen molar-refractivity contribution < 1.29 is 38.2 Å². The van der Waals surface area contributed by atoms with E-state index in [0.717, 1.165) is 62.3 Å². The van der Waals surface area contributed by atoms with Crippen molar-refractivity contribution in [2.24, 2.45) is 0 Å². The van der Waals surface area contributed by atoms with Crippen LogP contribution in [0.3, 0.4) is 0 Å². The molecule has 1 aliphatic heterocycles. The Bertz CT molecular complexity index is 2080. The number of morpholine rings is 1. The van der Waals surface area contributed by atoms with Crippen molar-refractivity contribution in [2.45, 2.75) is 241 Å². The second-order valence-corrected chi connectivity index (χ2v) is 23.2. The average molecular weight is 1110 g/mol. The molecule has 1 fully saturated rings. The second-order valence-electron chi connectivity index (χ2n) is 23.2. The molecule has 0 saturated carbocycles. The molecule has 0 atom stereocenters. The number of rotatable bonds is 37. The van der Waals surface area contributed by atoms with Crippen molar-refractivity contribution in [3.05, 3.63) is 90.5 Å². The van der Waals surface area contributed by atoms with Crippen LogP contribution in [0.4, 0.5) is 4.79 Å². The number of benzene rings is 3. The monoisotopic (exact) mass is 1110 g/mol. The third-order valence-corrected chi connectivity index (χ3v) is 14.9. The van der Waals surface area contributed by atoms with Gasteiger partial charge in [-0.3, -0.25) is 9.69 Å². The number of aromatic nitrogens is 2. The molecule has 4 aromatic rings. The number of carboxylic acids is 1. The maximum Gasteiger partial charge on any atom is 0.420 e. The Morgan fingerprint density at radius 1 is 0.550 bits per heavy atom. The van der Waals surface area contributed by atoms with Gasteiger partial charge in [-0.1, -0.05) is 249 Å². The summed E-state index contributed by atoms with van der Waals surface area (Å²) < 4.78 is 19.2. The number of fused-ring (bicyclic) bond motifs is 1. The molecular weight excluding hydrogens is 997 g/mol. The van der Waals surface area contributed by atoms with E-state index in [4.69, 9.17) is 14.2 Å². The van der Waals surface area contributed by atoms with E-state index in [1.165, 1.54) is 208 Å². The van der Waals surface area contributed by atoms with Crippen LogP contribution >= 0.6 is 0 Å². The minimum atomic E-state index is -1.13. The van der Waals surface area contributed by atoms with Crippen LogP contribution in [-0.2, 0) is 19.0 Å². The third kappa shape index (κ3) is 34.0. The van der Waals surface area contributed by atoms with Gasteiger partial charge in [-0.25, -0.2) is 14.3 Å². The quantitative estimate of drug-likeness (QED) is 0.0247. The van der Waals surface area contributed by atoms with Crippen molar-refractivity contribution in [3.63, 3.8) is 0 Å². The summed E-state index contributed by atoms with van der Waals surface area (Å²) in [6, 6.07) is 25.3. The lowest BCUT2D eigenvalue weighted by molar-refractivity contribution is -0.929. The number of nitrogens with zero attached hydrogens (tertiary/aromatic N) is 4. The van der Waals surface area contributed by atoms with Crippen molar-refractivity contribution in [1.29, 1.82) is 0 Å². The zero-order valence-corrected chi connectivity index (χ0v) is 52.1. The molecule has 0 spiro atoms. The number of para-hydroxylation sites is 2. The maximum absolute atomic E-state index is 12.6. The Morgan fingerprint density at radius 2 is 0.963 bits per heavy atom. The maximum atomic E-state index is 12.6. The van der Waals surface area contributed by atoms with Crippen molar-refractivity contribution >= 4 is 29.1 Å². The molecule has 1 saturated heterocycles. The number of aromatic carboxylic acids is 1. The molecule has 452 valence electrons. The number of esters is 1. The van der Waals surface area contributed by atoms with Gasteiger partial charge in [0.2, 0.25) is 0 Å². The summed E-state index contributed by atoms with van der Waals surface area (Å²) in [5.41, 5.74) is 2.06. The highest BCUT2D eigenvalue weighted by molar-refractivity contribution is 5.92. The van der Waals surface area contributed by atoms with Crippen LogP contribution in [0.1, 0.15) is 246 Å². The summed E-state index contributed by atoms with van der Waals surface area (Å²) in [6.07, 6.45) is 37.4. The van der Waals surface area contributed by atoms with E-state index in [0.29, 0.717) is 18.9 Å². The first-order chi connectivity index (χ1) is 38.8. The fraction of sp³-hybridized carbons (Fsp3) is 0.681. The molecule has 11 nitrogen and oxygen atoms in total. The molecule has 2 heterocycles. The van der Waals surface area contributed by atoms with E-state index in [2.05, 4.69) is 44.5 Å². The minimum Gasteiger partial charge on any atom is -0.545 e. The third-order valence-electron chi connectivity index (χ3n) is 14.9. The molecule has 1 aromatic heterocycles. The van der Waals surface area contributed by atoms with Gasteiger partial charge >= 0.3 is 12.1 Å². The number of imidazole rings is 1. The standard InChI is InChI=1S/C28H55NO3.C18H18N2O2.C16H36N.C7H6O2/c1-2-3-4-5-6-7-8-9-10-11-12-13-14-15-16-17-18-19-20-21-28(30)32-27-24-29-22-25-31-26-23-29;1-18(2,3)22-17(21)20-15-12-8-7-11-14(15)19-16(20)13-9-5-4-6-10-13;1-5-9-13-17(14-10-6-2,15-11-7-3)16-12-8-4;8-7(9)6-4-2-1-3-5-6/h2-27H2,1H3;4-12H,1-3H3;5-16H2,1-4H3;1-5H,(H,8,9)/q;;+1;/p-1. The Kier molecular flexibility index (Phi) is 41.1. The summed E-state index contributed by atoms with van der Waals surface area (Å²) >= 11 is 0. The number of hydrogen-bond acceptors (Lipinski definition) is 9. The highest BCUT2D eigenvalue weighted by Gasteiger charge is 2.26. The van der Waals surface area contributed by atoms with E-state index >= 15 is 0 Å². The van der Waals surface area contributed by atoms with Crippen LogP contribution in [-0.4, -0.2) is 108 Å². The highest BCUT2D eigenvalue weighted by atomic mass is 16.6. The van der Waals surface area contributed by atoms with E-state index < -0.39 is 17.7 Å².